The van der Waals surface area contributed by atoms with Gasteiger partial charge in [-0.15, -0.1) is 0 Å². The van der Waals surface area contributed by atoms with Gasteiger partial charge in [0, 0.05) is 43.3 Å². The van der Waals surface area contributed by atoms with E-state index in [0.29, 0.717) is 11.4 Å². The smallest absolute Gasteiger partial charge is 0.505 e. The van der Waals surface area contributed by atoms with Crippen LogP contribution in [0.2, 0.25) is 0 Å². The lowest BCUT2D eigenvalue weighted by molar-refractivity contribution is 0.422. The highest BCUT2D eigenvalue weighted by atomic mass is 28.4. The minimum atomic E-state index is -3.38. The Hall–Kier alpha value is -4.74. The third kappa shape index (κ3) is 4.05. The summed E-state index contributed by atoms with van der Waals surface area (Å²) in [6, 6.07) is 44.2. The zero-order valence-corrected chi connectivity index (χ0v) is 21.2. The van der Waals surface area contributed by atoms with Crippen LogP contribution in [-0.4, -0.2) is 8.56 Å². The highest BCUT2D eigenvalue weighted by Gasteiger charge is 2.48. The summed E-state index contributed by atoms with van der Waals surface area (Å²) in [5.74, 6) is 1.45. The van der Waals surface area contributed by atoms with Gasteiger partial charge in [-0.05, 0) is 24.3 Å². The molecule has 180 valence electrons. The van der Waals surface area contributed by atoms with E-state index >= 15 is 0 Å². The number of hydrogen-bond donors (Lipinski definition) is 2. The molecule has 0 aliphatic heterocycles. The fraction of sp³-hybridized carbons (Fsp3) is 0. The van der Waals surface area contributed by atoms with E-state index in [1.165, 1.54) is 0 Å². The standard InChI is InChI=1S/C32H26N2O2Si/c33-29-19-7-17-27-25(29)15-9-21-31(27)35-37(23-11-3-1-4-12-23,24-13-5-2-6-14-24)36-32-22-10-16-26-28(32)18-8-20-30(26)34/h1-22H,33-34H2. The first-order valence-electron chi connectivity index (χ1n) is 12.2. The lowest BCUT2D eigenvalue weighted by Gasteiger charge is -2.33. The lowest BCUT2D eigenvalue weighted by Crippen LogP contribution is -2.68. The number of nitrogens with two attached hydrogens (primary N) is 2. The SMILES string of the molecule is Nc1cccc2c(O[Si](Oc3cccc4c(N)cccc34)(c3ccccc3)c3ccccc3)cccc12. The predicted octanol–water partition coefficient (Wildman–Crippen LogP) is 5.87. The highest BCUT2D eigenvalue weighted by molar-refractivity contribution is 6.93. The van der Waals surface area contributed by atoms with Gasteiger partial charge in [-0.3, -0.25) is 0 Å². The van der Waals surface area contributed by atoms with Crippen molar-refractivity contribution in [2.45, 2.75) is 0 Å². The van der Waals surface area contributed by atoms with E-state index in [1.807, 2.05) is 109 Å². The highest BCUT2D eigenvalue weighted by Crippen LogP contribution is 2.34. The first-order chi connectivity index (χ1) is 18.2. The van der Waals surface area contributed by atoms with Gasteiger partial charge in [0.2, 0.25) is 0 Å². The molecule has 0 aromatic heterocycles. The van der Waals surface area contributed by atoms with Crippen LogP contribution in [0.4, 0.5) is 11.4 Å². The van der Waals surface area contributed by atoms with E-state index in [9.17, 15) is 0 Å². The second kappa shape index (κ2) is 9.37. The number of nitrogen functional groups attached to an aromatic ring is 2. The number of anilines is 2. The van der Waals surface area contributed by atoms with Gasteiger partial charge in [0.15, 0.2) is 0 Å². The summed E-state index contributed by atoms with van der Waals surface area (Å²) in [5, 5.41) is 5.75. The molecule has 5 heteroatoms. The summed E-state index contributed by atoms with van der Waals surface area (Å²) in [4.78, 5) is 0. The van der Waals surface area contributed by atoms with Crippen molar-refractivity contribution in [1.29, 1.82) is 0 Å². The number of fused-ring (bicyclic) bond motifs is 2. The normalized spacial score (nSPS) is 11.5. The molecule has 0 atom stereocenters. The van der Waals surface area contributed by atoms with Crippen molar-refractivity contribution in [2.75, 3.05) is 11.5 Å². The van der Waals surface area contributed by atoms with E-state index < -0.39 is 8.56 Å². The Balaban J connectivity index is 1.63. The quantitative estimate of drug-likeness (QED) is 0.223. The van der Waals surface area contributed by atoms with Crippen molar-refractivity contribution in [3.8, 4) is 11.5 Å². The van der Waals surface area contributed by atoms with Gasteiger partial charge >= 0.3 is 8.56 Å². The number of hydrogen-bond acceptors (Lipinski definition) is 4. The third-order valence-corrected chi connectivity index (χ3v) is 9.85. The molecule has 0 aliphatic carbocycles. The van der Waals surface area contributed by atoms with Crippen molar-refractivity contribution in [1.82, 2.24) is 0 Å². The maximum Gasteiger partial charge on any atom is 0.531 e. The van der Waals surface area contributed by atoms with Crippen LogP contribution < -0.4 is 30.7 Å². The van der Waals surface area contributed by atoms with Crippen molar-refractivity contribution in [3.05, 3.63) is 133 Å². The van der Waals surface area contributed by atoms with Gasteiger partial charge in [-0.1, -0.05) is 109 Å². The molecule has 0 bridgehead atoms. The summed E-state index contributed by atoms with van der Waals surface area (Å²) in [6.07, 6.45) is 0. The molecule has 0 amide bonds. The van der Waals surface area contributed by atoms with Gasteiger partial charge in [0.05, 0.1) is 0 Å². The molecule has 0 aliphatic rings. The first-order valence-corrected chi connectivity index (χ1v) is 14.0. The van der Waals surface area contributed by atoms with Gasteiger partial charge in [-0.25, -0.2) is 0 Å². The van der Waals surface area contributed by atoms with Crippen LogP contribution in [0.3, 0.4) is 0 Å². The molecule has 0 unspecified atom stereocenters. The molecule has 6 aromatic carbocycles. The van der Waals surface area contributed by atoms with Crippen LogP contribution in [0, 0.1) is 0 Å². The van der Waals surface area contributed by atoms with Crippen LogP contribution in [0.5, 0.6) is 11.5 Å². The molecular formula is C32H26N2O2Si. The summed E-state index contributed by atoms with van der Waals surface area (Å²) in [6.45, 7) is 0. The van der Waals surface area contributed by atoms with Crippen LogP contribution in [0.1, 0.15) is 0 Å². The van der Waals surface area contributed by atoms with Crippen LogP contribution in [0.15, 0.2) is 133 Å². The third-order valence-electron chi connectivity index (χ3n) is 6.65. The Labute approximate surface area is 217 Å². The summed E-state index contributed by atoms with van der Waals surface area (Å²) >= 11 is 0. The topological polar surface area (TPSA) is 70.5 Å². The largest absolute Gasteiger partial charge is 0.531 e. The van der Waals surface area contributed by atoms with Crippen LogP contribution in [0.25, 0.3) is 21.5 Å². The van der Waals surface area contributed by atoms with E-state index in [0.717, 1.165) is 43.4 Å². The van der Waals surface area contributed by atoms with Gasteiger partial charge < -0.3 is 20.3 Å². The minimum absolute atomic E-state index is 0.708. The molecular weight excluding hydrogens is 472 g/mol. The van der Waals surface area contributed by atoms with E-state index in [1.54, 1.807) is 0 Å². The van der Waals surface area contributed by atoms with E-state index in [4.69, 9.17) is 20.3 Å². The molecule has 0 heterocycles. The van der Waals surface area contributed by atoms with E-state index in [-0.39, 0.29) is 0 Å². The Kier molecular flexibility index (Phi) is 5.75. The molecule has 0 fully saturated rings. The van der Waals surface area contributed by atoms with Crippen LogP contribution in [-0.2, 0) is 0 Å². The molecule has 37 heavy (non-hydrogen) atoms. The zero-order valence-electron chi connectivity index (χ0n) is 20.2. The monoisotopic (exact) mass is 498 g/mol. The fourth-order valence-electron chi connectivity index (χ4n) is 4.84. The Morgan fingerprint density at radius 3 is 1.19 bits per heavy atom. The van der Waals surface area contributed by atoms with Gasteiger partial charge in [-0.2, -0.15) is 0 Å². The lowest BCUT2D eigenvalue weighted by atomic mass is 10.1. The van der Waals surface area contributed by atoms with Gasteiger partial charge in [0.1, 0.15) is 11.5 Å². The molecule has 6 aromatic rings. The average molecular weight is 499 g/mol. The predicted molar refractivity (Wildman–Crippen MR) is 156 cm³/mol. The molecule has 0 saturated carbocycles. The number of benzene rings is 6. The summed E-state index contributed by atoms with van der Waals surface area (Å²) in [7, 11) is -3.38. The Morgan fingerprint density at radius 2 is 0.757 bits per heavy atom. The first kappa shape index (κ1) is 22.7. The van der Waals surface area contributed by atoms with Crippen molar-refractivity contribution in [2.24, 2.45) is 0 Å². The molecule has 6 rings (SSSR count). The second-order valence-corrected chi connectivity index (χ2v) is 11.7. The molecule has 4 N–H and O–H groups in total. The van der Waals surface area contributed by atoms with Crippen molar-refractivity contribution in [3.63, 3.8) is 0 Å². The summed E-state index contributed by atoms with van der Waals surface area (Å²) < 4.78 is 14.3. The van der Waals surface area contributed by atoms with Crippen molar-refractivity contribution >= 4 is 51.9 Å². The average Bonchev–Trinajstić information content (AvgIpc) is 2.95. The minimum Gasteiger partial charge on any atom is -0.505 e. The van der Waals surface area contributed by atoms with E-state index in [2.05, 4.69) is 24.3 Å². The maximum absolute atomic E-state index is 7.16. The van der Waals surface area contributed by atoms with Crippen LogP contribution >= 0.6 is 0 Å². The Morgan fingerprint density at radius 1 is 0.378 bits per heavy atom. The van der Waals surface area contributed by atoms with Gasteiger partial charge in [0.25, 0.3) is 0 Å². The zero-order chi connectivity index (χ0) is 25.2. The maximum atomic E-state index is 7.16. The second-order valence-electron chi connectivity index (χ2n) is 8.95. The van der Waals surface area contributed by atoms with Crippen molar-refractivity contribution < 1.29 is 8.85 Å². The summed E-state index contributed by atoms with van der Waals surface area (Å²) in [5.41, 5.74) is 14.1. The Bertz CT molecular complexity index is 1580. The molecule has 0 saturated heterocycles. The molecule has 4 nitrogen and oxygen atoms in total. The molecule has 0 spiro atoms. The number of rotatable bonds is 6. The molecule has 0 radical (unpaired) electrons. The fourth-order valence-corrected chi connectivity index (χ4v) is 7.92.